The zero-order valence-corrected chi connectivity index (χ0v) is 16.4. The van der Waals surface area contributed by atoms with Crippen LogP contribution in [-0.4, -0.2) is 20.4 Å². The van der Waals surface area contributed by atoms with Crippen molar-refractivity contribution < 1.29 is 13.2 Å². The van der Waals surface area contributed by atoms with Crippen molar-refractivity contribution in [3.63, 3.8) is 0 Å². The van der Waals surface area contributed by atoms with E-state index in [2.05, 4.69) is 10.0 Å². The summed E-state index contributed by atoms with van der Waals surface area (Å²) in [5.41, 5.74) is 7.07. The van der Waals surface area contributed by atoms with Gasteiger partial charge in [-0.15, -0.1) is 12.4 Å². The number of amides is 1. The van der Waals surface area contributed by atoms with Gasteiger partial charge in [-0.2, -0.15) is 0 Å². The predicted octanol–water partition coefficient (Wildman–Crippen LogP) is 3.37. The van der Waals surface area contributed by atoms with Crippen molar-refractivity contribution in [3.8, 4) is 0 Å². The molecule has 0 heterocycles. The largest absolute Gasteiger partial charge is 0.327 e. The molecular formula is C19H24ClN3O3S. The van der Waals surface area contributed by atoms with E-state index in [1.807, 2.05) is 6.07 Å². The lowest BCUT2D eigenvalue weighted by Crippen LogP contribution is -2.28. The molecule has 1 aliphatic carbocycles. The van der Waals surface area contributed by atoms with Crippen molar-refractivity contribution in [3.05, 3.63) is 54.6 Å². The van der Waals surface area contributed by atoms with Gasteiger partial charge in [0.15, 0.2) is 0 Å². The smallest absolute Gasteiger partial charge is 0.261 e. The first kappa shape index (κ1) is 21.2. The number of nitrogens with two attached hydrogens (primary N) is 1. The number of benzene rings is 2. The topological polar surface area (TPSA) is 101 Å². The van der Waals surface area contributed by atoms with Crippen LogP contribution >= 0.6 is 12.4 Å². The molecule has 0 aromatic heterocycles. The summed E-state index contributed by atoms with van der Waals surface area (Å²) in [6.07, 6.45) is 3.42. The van der Waals surface area contributed by atoms with Gasteiger partial charge in [-0.05, 0) is 55.2 Å². The van der Waals surface area contributed by atoms with Crippen molar-refractivity contribution >= 4 is 39.7 Å². The molecule has 0 unspecified atom stereocenters. The molecule has 1 saturated carbocycles. The van der Waals surface area contributed by atoms with Crippen LogP contribution in [0.25, 0.3) is 0 Å². The number of nitrogens with one attached hydrogen (secondary N) is 2. The van der Waals surface area contributed by atoms with Crippen molar-refractivity contribution in [1.29, 1.82) is 0 Å². The molecule has 4 N–H and O–H groups in total. The number of rotatable bonds is 6. The van der Waals surface area contributed by atoms with E-state index in [0.29, 0.717) is 17.8 Å². The van der Waals surface area contributed by atoms with Crippen LogP contribution in [0.1, 0.15) is 25.7 Å². The van der Waals surface area contributed by atoms with Gasteiger partial charge in [-0.1, -0.05) is 24.6 Å². The fourth-order valence-electron chi connectivity index (χ4n) is 3.21. The Labute approximate surface area is 166 Å². The molecule has 6 nitrogen and oxygen atoms in total. The molecule has 3 rings (SSSR count). The molecule has 0 radical (unpaired) electrons. The highest BCUT2D eigenvalue weighted by molar-refractivity contribution is 7.92. The van der Waals surface area contributed by atoms with E-state index in [1.54, 1.807) is 36.4 Å². The van der Waals surface area contributed by atoms with Gasteiger partial charge in [0.2, 0.25) is 5.91 Å². The zero-order chi connectivity index (χ0) is 18.6. The van der Waals surface area contributed by atoms with Crippen molar-refractivity contribution in [1.82, 2.24) is 0 Å². The Morgan fingerprint density at radius 3 is 2.26 bits per heavy atom. The van der Waals surface area contributed by atoms with E-state index < -0.39 is 10.0 Å². The number of carbonyl (C=O) groups excluding carboxylic acids is 1. The third-order valence-electron chi connectivity index (χ3n) is 4.64. The molecule has 0 spiro atoms. The third-order valence-corrected chi connectivity index (χ3v) is 6.04. The fourth-order valence-corrected chi connectivity index (χ4v) is 4.27. The summed E-state index contributed by atoms with van der Waals surface area (Å²) in [5.74, 6) is 0.134. The van der Waals surface area contributed by atoms with Crippen LogP contribution in [0.15, 0.2) is 59.5 Å². The van der Waals surface area contributed by atoms with E-state index in [9.17, 15) is 13.2 Å². The lowest BCUT2D eigenvalue weighted by molar-refractivity contribution is -0.117. The second kappa shape index (κ2) is 9.21. The lowest BCUT2D eigenvalue weighted by Gasteiger charge is -2.15. The van der Waals surface area contributed by atoms with Crippen LogP contribution in [0.3, 0.4) is 0 Å². The van der Waals surface area contributed by atoms with Crippen molar-refractivity contribution in [2.24, 2.45) is 11.7 Å². The summed E-state index contributed by atoms with van der Waals surface area (Å²) in [4.78, 5) is 12.3. The minimum atomic E-state index is -3.66. The molecule has 8 heteroatoms. The van der Waals surface area contributed by atoms with Gasteiger partial charge >= 0.3 is 0 Å². The summed E-state index contributed by atoms with van der Waals surface area (Å²) in [6, 6.07) is 14.9. The second-order valence-electron chi connectivity index (χ2n) is 6.60. The lowest BCUT2D eigenvalue weighted by atomic mass is 10.00. The average molecular weight is 410 g/mol. The first-order valence-corrected chi connectivity index (χ1v) is 10.2. The van der Waals surface area contributed by atoms with E-state index >= 15 is 0 Å². The Morgan fingerprint density at radius 2 is 1.67 bits per heavy atom. The van der Waals surface area contributed by atoms with Crippen LogP contribution in [0.4, 0.5) is 11.4 Å². The summed E-state index contributed by atoms with van der Waals surface area (Å²) >= 11 is 0. The van der Waals surface area contributed by atoms with Crippen LogP contribution in [0.2, 0.25) is 0 Å². The molecule has 146 valence electrons. The first-order chi connectivity index (χ1) is 12.4. The van der Waals surface area contributed by atoms with Crippen LogP contribution in [0.5, 0.6) is 0 Å². The molecule has 2 aromatic rings. The summed E-state index contributed by atoms with van der Waals surface area (Å²) in [6.45, 7) is 0. The molecule has 1 aliphatic rings. The summed E-state index contributed by atoms with van der Waals surface area (Å²) in [7, 11) is -3.66. The van der Waals surface area contributed by atoms with Gasteiger partial charge in [-0.3, -0.25) is 9.52 Å². The van der Waals surface area contributed by atoms with E-state index in [1.165, 1.54) is 12.1 Å². The van der Waals surface area contributed by atoms with Crippen LogP contribution in [-0.2, 0) is 14.8 Å². The molecule has 0 aliphatic heterocycles. The number of halogens is 1. The summed E-state index contributed by atoms with van der Waals surface area (Å²) < 4.78 is 27.3. The molecule has 2 aromatic carbocycles. The van der Waals surface area contributed by atoms with Crippen molar-refractivity contribution in [2.45, 2.75) is 36.6 Å². The highest BCUT2D eigenvalue weighted by Crippen LogP contribution is 2.27. The average Bonchev–Trinajstić information content (AvgIpc) is 3.00. The van der Waals surface area contributed by atoms with E-state index in [4.69, 9.17) is 5.73 Å². The number of para-hydroxylation sites is 1. The highest BCUT2D eigenvalue weighted by Gasteiger charge is 2.26. The Balaban J connectivity index is 0.00000261. The number of hydrogen-bond donors (Lipinski definition) is 3. The monoisotopic (exact) mass is 409 g/mol. The van der Waals surface area contributed by atoms with Crippen molar-refractivity contribution in [2.75, 3.05) is 10.0 Å². The van der Waals surface area contributed by atoms with E-state index in [0.717, 1.165) is 19.3 Å². The van der Waals surface area contributed by atoms with E-state index in [-0.39, 0.29) is 35.2 Å². The Kier molecular flexibility index (Phi) is 7.24. The molecule has 2 atom stereocenters. The minimum absolute atomic E-state index is 0. The number of anilines is 2. The van der Waals surface area contributed by atoms with Crippen LogP contribution < -0.4 is 15.8 Å². The fraction of sp³-hybridized carbons (Fsp3) is 0.316. The van der Waals surface area contributed by atoms with Gasteiger partial charge in [0.05, 0.1) is 4.90 Å². The number of hydrogen-bond acceptors (Lipinski definition) is 4. The third kappa shape index (κ3) is 5.69. The number of sulfonamides is 1. The van der Waals surface area contributed by atoms with Gasteiger partial charge in [-0.25, -0.2) is 8.42 Å². The quantitative estimate of drug-likeness (QED) is 0.680. The maximum atomic E-state index is 12.4. The maximum Gasteiger partial charge on any atom is 0.261 e. The summed E-state index contributed by atoms with van der Waals surface area (Å²) in [5, 5.41) is 2.81. The van der Waals surface area contributed by atoms with Gasteiger partial charge in [0.25, 0.3) is 10.0 Å². The molecular weight excluding hydrogens is 386 g/mol. The Hall–Kier alpha value is -2.09. The standard InChI is InChI=1S/C19H23N3O3S.ClH/c20-18-8-4-5-14(18)13-19(23)21-15-9-11-17(12-10-15)26(24,25)22-16-6-2-1-3-7-16;/h1-3,6-7,9-12,14,18,22H,4-5,8,13,20H2,(H,21,23);1H/t14-,18+;/m0./s1. The minimum Gasteiger partial charge on any atom is -0.327 e. The van der Waals surface area contributed by atoms with Gasteiger partial charge in [0.1, 0.15) is 0 Å². The maximum absolute atomic E-state index is 12.4. The predicted molar refractivity (Wildman–Crippen MR) is 110 cm³/mol. The van der Waals surface area contributed by atoms with Gasteiger partial charge in [0, 0.05) is 23.8 Å². The molecule has 27 heavy (non-hydrogen) atoms. The molecule has 0 bridgehead atoms. The molecule has 0 saturated heterocycles. The molecule has 1 amide bonds. The Morgan fingerprint density at radius 1 is 1.00 bits per heavy atom. The number of carbonyl (C=O) groups is 1. The Bertz CT molecular complexity index is 858. The normalized spacial score (nSPS) is 19.1. The van der Waals surface area contributed by atoms with Gasteiger partial charge < -0.3 is 11.1 Å². The first-order valence-electron chi connectivity index (χ1n) is 8.67. The molecule has 1 fully saturated rings. The highest BCUT2D eigenvalue weighted by atomic mass is 35.5. The SMILES string of the molecule is Cl.N[C@@H]1CCC[C@H]1CC(=O)Nc1ccc(S(=O)(=O)Nc2ccccc2)cc1. The van der Waals surface area contributed by atoms with Crippen LogP contribution in [0, 0.1) is 5.92 Å². The second-order valence-corrected chi connectivity index (χ2v) is 8.29. The zero-order valence-electron chi connectivity index (χ0n) is 14.8.